The molecule has 2 amide bonds. The number of benzene rings is 1. The fourth-order valence-corrected chi connectivity index (χ4v) is 4.25. The highest BCUT2D eigenvalue weighted by atomic mass is 19.2. The first-order valence-corrected chi connectivity index (χ1v) is 9.39. The number of aromatic nitrogens is 1. The fraction of sp³-hybridized carbons (Fsp3) is 0.381. The molecule has 1 atom stereocenters. The van der Waals surface area contributed by atoms with E-state index in [-0.39, 0.29) is 35.3 Å². The Morgan fingerprint density at radius 3 is 2.68 bits per heavy atom. The van der Waals surface area contributed by atoms with Crippen LogP contribution in [-0.2, 0) is 11.3 Å². The third-order valence-corrected chi connectivity index (χ3v) is 5.96. The SMILES string of the molecule is O=C(NCc1cccnc1)C1CN(C(=O)c2ccc(F)c(F)c2)CC12CCC2. The number of pyridine rings is 1. The molecule has 4 rings (SSSR count). The molecule has 1 saturated carbocycles. The third kappa shape index (κ3) is 3.37. The minimum atomic E-state index is -1.05. The van der Waals surface area contributed by atoms with Gasteiger partial charge in [0.05, 0.1) is 5.92 Å². The molecule has 7 heteroatoms. The Morgan fingerprint density at radius 1 is 1.21 bits per heavy atom. The van der Waals surface area contributed by atoms with Gasteiger partial charge in [-0.3, -0.25) is 14.6 Å². The van der Waals surface area contributed by atoms with E-state index in [0.29, 0.717) is 13.1 Å². The molecule has 2 aromatic rings. The van der Waals surface area contributed by atoms with E-state index in [0.717, 1.165) is 37.0 Å². The van der Waals surface area contributed by atoms with Crippen LogP contribution in [0, 0.1) is 23.0 Å². The zero-order valence-electron chi connectivity index (χ0n) is 15.3. The van der Waals surface area contributed by atoms with Gasteiger partial charge >= 0.3 is 0 Å². The lowest BCUT2D eigenvalue weighted by molar-refractivity contribution is -0.129. The Hall–Kier alpha value is -2.83. The van der Waals surface area contributed by atoms with E-state index in [2.05, 4.69) is 10.3 Å². The molecule has 2 fully saturated rings. The fourth-order valence-electron chi connectivity index (χ4n) is 4.25. The van der Waals surface area contributed by atoms with Crippen molar-refractivity contribution in [3.05, 3.63) is 65.5 Å². The minimum Gasteiger partial charge on any atom is -0.352 e. The highest BCUT2D eigenvalue weighted by Gasteiger charge is 2.54. The average Bonchev–Trinajstić information content (AvgIpc) is 3.10. The topological polar surface area (TPSA) is 62.3 Å². The van der Waals surface area contributed by atoms with Gasteiger partial charge in [0.25, 0.3) is 5.91 Å². The molecule has 1 aliphatic carbocycles. The first kappa shape index (κ1) is 18.5. The van der Waals surface area contributed by atoms with Gasteiger partial charge in [-0.1, -0.05) is 12.5 Å². The summed E-state index contributed by atoms with van der Waals surface area (Å²) in [4.78, 5) is 31.3. The van der Waals surface area contributed by atoms with E-state index < -0.39 is 11.6 Å². The van der Waals surface area contributed by atoms with Gasteiger partial charge in [-0.15, -0.1) is 0 Å². The van der Waals surface area contributed by atoms with Crippen LogP contribution >= 0.6 is 0 Å². The number of carbonyl (C=O) groups is 2. The van der Waals surface area contributed by atoms with E-state index in [1.54, 1.807) is 17.3 Å². The summed E-state index contributed by atoms with van der Waals surface area (Å²) in [6.07, 6.45) is 6.18. The van der Waals surface area contributed by atoms with Crippen molar-refractivity contribution in [3.8, 4) is 0 Å². The number of rotatable bonds is 4. The maximum atomic E-state index is 13.5. The van der Waals surface area contributed by atoms with Gasteiger partial charge in [0.1, 0.15) is 0 Å². The summed E-state index contributed by atoms with van der Waals surface area (Å²) in [5.41, 5.74) is 0.795. The van der Waals surface area contributed by atoms with Gasteiger partial charge in [0.2, 0.25) is 5.91 Å². The smallest absolute Gasteiger partial charge is 0.254 e. The van der Waals surface area contributed by atoms with Crippen LogP contribution in [0.2, 0.25) is 0 Å². The number of likely N-dealkylation sites (tertiary alicyclic amines) is 1. The van der Waals surface area contributed by atoms with Crippen LogP contribution in [-0.4, -0.2) is 34.8 Å². The molecular formula is C21H21F2N3O2. The minimum absolute atomic E-state index is 0.0795. The van der Waals surface area contributed by atoms with Crippen LogP contribution in [0.25, 0.3) is 0 Å². The molecule has 1 spiro atoms. The van der Waals surface area contributed by atoms with Crippen molar-refractivity contribution < 1.29 is 18.4 Å². The summed E-state index contributed by atoms with van der Waals surface area (Å²) in [6.45, 7) is 1.14. The van der Waals surface area contributed by atoms with Gasteiger partial charge in [-0.25, -0.2) is 8.78 Å². The molecule has 5 nitrogen and oxygen atoms in total. The molecule has 28 heavy (non-hydrogen) atoms. The van der Waals surface area contributed by atoms with Crippen LogP contribution in [0.4, 0.5) is 8.78 Å². The normalized spacial score (nSPS) is 20.1. The van der Waals surface area contributed by atoms with Gasteiger partial charge in [0.15, 0.2) is 11.6 Å². The lowest BCUT2D eigenvalue weighted by Crippen LogP contribution is -2.45. The van der Waals surface area contributed by atoms with Crippen molar-refractivity contribution in [1.29, 1.82) is 0 Å². The van der Waals surface area contributed by atoms with Crippen molar-refractivity contribution in [2.75, 3.05) is 13.1 Å². The first-order valence-electron chi connectivity index (χ1n) is 9.39. The molecule has 0 bridgehead atoms. The number of halogens is 2. The largest absolute Gasteiger partial charge is 0.352 e. The molecule has 1 N–H and O–H groups in total. The number of hydrogen-bond acceptors (Lipinski definition) is 3. The predicted octanol–water partition coefficient (Wildman–Crippen LogP) is 2.92. The summed E-state index contributed by atoms with van der Waals surface area (Å²) < 4.78 is 26.7. The second kappa shape index (κ2) is 7.30. The molecule has 1 unspecified atom stereocenters. The van der Waals surface area contributed by atoms with Crippen LogP contribution in [0.15, 0.2) is 42.7 Å². The van der Waals surface area contributed by atoms with Crippen molar-refractivity contribution in [2.45, 2.75) is 25.8 Å². The molecule has 1 aromatic carbocycles. The number of nitrogens with zero attached hydrogens (tertiary/aromatic N) is 2. The van der Waals surface area contributed by atoms with Crippen LogP contribution in [0.5, 0.6) is 0 Å². The van der Waals surface area contributed by atoms with Crippen LogP contribution < -0.4 is 5.32 Å². The number of hydrogen-bond donors (Lipinski definition) is 1. The third-order valence-electron chi connectivity index (χ3n) is 5.96. The van der Waals surface area contributed by atoms with Gasteiger partial charge in [-0.2, -0.15) is 0 Å². The van der Waals surface area contributed by atoms with E-state index in [9.17, 15) is 18.4 Å². The Bertz CT molecular complexity index is 900. The molecule has 2 heterocycles. The molecule has 1 aromatic heterocycles. The lowest BCUT2D eigenvalue weighted by atomic mass is 9.62. The molecule has 0 radical (unpaired) electrons. The Labute approximate surface area is 161 Å². The maximum absolute atomic E-state index is 13.5. The standard InChI is InChI=1S/C21H21F2N3O2/c22-17-5-4-15(9-18(17)23)20(28)26-12-16(21(13-26)6-2-7-21)19(27)25-11-14-3-1-8-24-10-14/h1,3-5,8-10,16H,2,6-7,11-13H2,(H,25,27). The zero-order chi connectivity index (χ0) is 19.7. The van der Waals surface area contributed by atoms with Crippen molar-refractivity contribution in [1.82, 2.24) is 15.2 Å². The second-order valence-electron chi connectivity index (χ2n) is 7.66. The average molecular weight is 385 g/mol. The maximum Gasteiger partial charge on any atom is 0.254 e. The molecule has 1 saturated heterocycles. The Balaban J connectivity index is 1.47. The summed E-state index contributed by atoms with van der Waals surface area (Å²) in [5.74, 6) is -2.78. The summed E-state index contributed by atoms with van der Waals surface area (Å²) in [7, 11) is 0. The summed E-state index contributed by atoms with van der Waals surface area (Å²) in [5, 5.41) is 2.95. The summed E-state index contributed by atoms with van der Waals surface area (Å²) in [6, 6.07) is 6.85. The van der Waals surface area contributed by atoms with Gasteiger partial charge in [-0.05, 0) is 42.7 Å². The van der Waals surface area contributed by atoms with Crippen molar-refractivity contribution in [3.63, 3.8) is 0 Å². The Morgan fingerprint density at radius 2 is 2.04 bits per heavy atom. The predicted molar refractivity (Wildman–Crippen MR) is 98.1 cm³/mol. The second-order valence-corrected chi connectivity index (χ2v) is 7.66. The number of nitrogens with one attached hydrogen (secondary N) is 1. The van der Waals surface area contributed by atoms with E-state index in [1.807, 2.05) is 12.1 Å². The molecule has 2 aliphatic rings. The van der Waals surface area contributed by atoms with Crippen LogP contribution in [0.1, 0.15) is 35.2 Å². The van der Waals surface area contributed by atoms with Crippen LogP contribution in [0.3, 0.4) is 0 Å². The molecular weight excluding hydrogens is 364 g/mol. The molecule has 1 aliphatic heterocycles. The monoisotopic (exact) mass is 385 g/mol. The van der Waals surface area contributed by atoms with E-state index in [4.69, 9.17) is 0 Å². The quantitative estimate of drug-likeness (QED) is 0.880. The van der Waals surface area contributed by atoms with Crippen molar-refractivity contribution >= 4 is 11.8 Å². The lowest BCUT2D eigenvalue weighted by Gasteiger charge is -2.41. The summed E-state index contributed by atoms with van der Waals surface area (Å²) >= 11 is 0. The van der Waals surface area contributed by atoms with Gasteiger partial charge in [0, 0.05) is 43.0 Å². The van der Waals surface area contributed by atoms with Gasteiger partial charge < -0.3 is 10.2 Å². The molecule has 146 valence electrons. The van der Waals surface area contributed by atoms with E-state index >= 15 is 0 Å². The van der Waals surface area contributed by atoms with E-state index in [1.165, 1.54) is 6.07 Å². The number of carbonyl (C=O) groups excluding carboxylic acids is 2. The highest BCUT2D eigenvalue weighted by Crippen LogP contribution is 2.52. The zero-order valence-corrected chi connectivity index (χ0v) is 15.3. The highest BCUT2D eigenvalue weighted by molar-refractivity contribution is 5.95. The number of amides is 2. The Kier molecular flexibility index (Phi) is 4.83. The van der Waals surface area contributed by atoms with Crippen molar-refractivity contribution in [2.24, 2.45) is 11.3 Å². The first-order chi connectivity index (χ1) is 13.5.